The number of rotatable bonds is 36. The van der Waals surface area contributed by atoms with Crippen molar-refractivity contribution >= 4 is 100 Å². The van der Waals surface area contributed by atoms with Crippen LogP contribution in [0, 0.1) is 11.3 Å². The van der Waals surface area contributed by atoms with Gasteiger partial charge in [-0.15, -0.1) is 0 Å². The van der Waals surface area contributed by atoms with Crippen LogP contribution in [-0.4, -0.2) is 255 Å². The van der Waals surface area contributed by atoms with Crippen LogP contribution in [0.2, 0.25) is 0 Å². The van der Waals surface area contributed by atoms with Gasteiger partial charge in [0.25, 0.3) is 0 Å². The highest BCUT2D eigenvalue weighted by atomic mass is 16.7. The van der Waals surface area contributed by atoms with Crippen molar-refractivity contribution < 1.29 is 162 Å². The molecule has 0 aliphatic carbocycles. The van der Waals surface area contributed by atoms with Crippen LogP contribution < -0.4 is 0 Å². The van der Waals surface area contributed by atoms with Gasteiger partial charge in [-0.3, -0.25) is 62.3 Å². The molecule has 131 heavy (non-hydrogen) atoms. The first-order valence-corrected chi connectivity index (χ1v) is 45.2. The summed E-state index contributed by atoms with van der Waals surface area (Å²) in [6.07, 6.45) is 10.8. The zero-order valence-electron chi connectivity index (χ0n) is 91.7. The van der Waals surface area contributed by atoms with E-state index in [0.717, 1.165) is 58.9 Å². The second kappa shape index (κ2) is 153. The second-order valence-electron chi connectivity index (χ2n) is 27.6. The molecule has 34 heteroatoms. The molecule has 792 valence electrons. The molecule has 0 rings (SSSR count). The van der Waals surface area contributed by atoms with Crippen LogP contribution in [-0.2, 0) is 162 Å². The number of Topliss-reactive ketones (excluding diaryl/α,β-unsaturated/α-hetero) is 7. The van der Waals surface area contributed by atoms with Crippen molar-refractivity contribution in [1.29, 1.82) is 0 Å². The zero-order valence-corrected chi connectivity index (χ0v) is 91.7. The third-order valence-corrected chi connectivity index (χ3v) is 11.8. The first-order valence-electron chi connectivity index (χ1n) is 45.2. The molecule has 0 amide bonds. The first-order chi connectivity index (χ1) is 60.7. The summed E-state index contributed by atoms with van der Waals surface area (Å²) < 4.78 is 78.1. The molecule has 34 nitrogen and oxygen atoms in total. The highest BCUT2D eigenvalue weighted by Gasteiger charge is 2.22. The van der Waals surface area contributed by atoms with Crippen molar-refractivity contribution in [2.75, 3.05) is 143 Å². The monoisotopic (exact) mass is 1910 g/mol. The Kier molecular flexibility index (Phi) is 202. The Labute approximate surface area is 797 Å². The van der Waals surface area contributed by atoms with Gasteiger partial charge in [-0.2, -0.15) is 0 Å². The van der Waals surface area contributed by atoms with Crippen molar-refractivity contribution in [3.63, 3.8) is 0 Å². The Morgan fingerprint density at radius 3 is 0.718 bits per heavy atom. The number of esters is 10. The number of ether oxygens (including phenoxy) is 17. The van der Waals surface area contributed by atoms with Crippen molar-refractivity contribution in [2.24, 2.45) is 11.3 Å². The van der Waals surface area contributed by atoms with Crippen LogP contribution in [0.3, 0.4) is 0 Å². The highest BCUT2D eigenvalue weighted by molar-refractivity contribution is 5.97. The van der Waals surface area contributed by atoms with Gasteiger partial charge >= 0.3 is 59.7 Å². The standard InChI is InChI=1S/C9H16O2.2C7H14O2.C7H16O2.2C6H12O2.C6H10O2.C4H10O2.6C4H8O2.3C4H8O.3C3H8O/c1-3-4-5-9(11)7-6-8(2)10;1-5-9-6(8)7(2,3)4;1-5-6(8)9-7(2,3)4;1-3-4-5-9-7-6-8-2;1-4-8-6(7)5(2)3;1-4-6(7)8-5(2)3;1-3-6(8)4-5(2)7;1-3-6-4-5-2;3*1-3-4(5)6-2;3*1-3-6-4(2)5;3*1-3-4(2)5;3*1-3-4-2/h3-7H2,1-2H3;2*5H2,1-4H3;3-7H2,1-2H3;2*5H,4H2,1-3H3;3-4H2,1-2H3;3-4H2,1-2H3;6*3H2,1-2H3;3*3H2,1-2H3;3*3H2,1-2H3. The lowest BCUT2D eigenvalue weighted by atomic mass is 9.97. The van der Waals surface area contributed by atoms with Gasteiger partial charge in [0, 0.05) is 166 Å². The Balaban J connectivity index is -0.0000000553. The predicted molar refractivity (Wildman–Crippen MR) is 521 cm³/mol. The van der Waals surface area contributed by atoms with Crippen LogP contribution >= 0.6 is 0 Å². The fourth-order valence-electron chi connectivity index (χ4n) is 4.33. The molecule has 0 aliphatic heterocycles. The van der Waals surface area contributed by atoms with E-state index in [0.29, 0.717) is 123 Å². The second-order valence-corrected chi connectivity index (χ2v) is 27.6. The smallest absolute Gasteiger partial charge is 0.311 e. The molecule has 0 aliphatic rings. The summed E-state index contributed by atoms with van der Waals surface area (Å²) in [5.74, 6) is -0.534. The summed E-state index contributed by atoms with van der Waals surface area (Å²) in [6, 6.07) is 0. The van der Waals surface area contributed by atoms with Crippen LogP contribution in [0.5, 0.6) is 0 Å². The van der Waals surface area contributed by atoms with Gasteiger partial charge in [0.05, 0.1) is 91.4 Å². The number of methoxy groups -OCH3 is 8. The van der Waals surface area contributed by atoms with Gasteiger partial charge in [0.1, 0.15) is 52.9 Å². The Morgan fingerprint density at radius 2 is 0.595 bits per heavy atom. The summed E-state index contributed by atoms with van der Waals surface area (Å²) in [5.41, 5.74) is -0.677. The summed E-state index contributed by atoms with van der Waals surface area (Å²) in [5, 5.41) is 0. The largest absolute Gasteiger partial charge is 0.469 e. The molecule has 0 radical (unpaired) electrons. The molecule has 0 spiro atoms. The summed E-state index contributed by atoms with van der Waals surface area (Å²) in [7, 11) is 12.5. The van der Waals surface area contributed by atoms with E-state index in [-0.39, 0.29) is 130 Å². The number of carbonyl (C=O) groups excluding carboxylic acids is 17. The van der Waals surface area contributed by atoms with Crippen LogP contribution in [0.15, 0.2) is 0 Å². The molecule has 0 aromatic rings. The van der Waals surface area contributed by atoms with Crippen molar-refractivity contribution in [1.82, 2.24) is 0 Å². The van der Waals surface area contributed by atoms with E-state index in [9.17, 15) is 81.5 Å². The average Bonchev–Trinajstić information content (AvgIpc) is 0.929. The van der Waals surface area contributed by atoms with Crippen LogP contribution in [0.25, 0.3) is 0 Å². The molecule has 0 bridgehead atoms. The van der Waals surface area contributed by atoms with E-state index >= 15 is 0 Å². The lowest BCUT2D eigenvalue weighted by Gasteiger charge is -2.18. The number of carbonyl (C=O) groups is 17. The van der Waals surface area contributed by atoms with Crippen LogP contribution in [0.1, 0.15) is 372 Å². The molecule has 0 atom stereocenters. The maximum atomic E-state index is 11.0. The Bertz CT molecular complexity index is 2330. The van der Waals surface area contributed by atoms with Gasteiger partial charge in [-0.1, -0.05) is 103 Å². The molecule has 0 aromatic carbocycles. The van der Waals surface area contributed by atoms with E-state index in [1.54, 1.807) is 126 Å². The quantitative estimate of drug-likeness (QED) is 0.0185. The molecule has 0 N–H and O–H groups in total. The van der Waals surface area contributed by atoms with Gasteiger partial charge < -0.3 is 99.7 Å². The molecular formula is C97H200O34. The molecule has 0 heterocycles. The SMILES string of the molecule is CCC(=O)CC(C)=O.CCC(=O)OC.CCC(=O)OC.CCC(=O)OC.CCC(=O)OC(C)(C)C.CCC(=O)OC(C)C.CCC(C)=O.CCC(C)=O.CCC(C)=O.CCCCC(=O)CCC(C)=O.CCCCOCCOC.CCOC.CCOC.CCOC.CCOC(=O)C(C)(C)C.CCOC(=O)C(C)C.CCOC(C)=O.CCOC(C)=O.CCOC(C)=O.CCOCOC. The summed E-state index contributed by atoms with van der Waals surface area (Å²) in [6.45, 7) is 75.7. The summed E-state index contributed by atoms with van der Waals surface area (Å²) >= 11 is 0. The lowest BCUT2D eigenvalue weighted by molar-refractivity contribution is -0.155. The minimum atomic E-state index is -0.351. The van der Waals surface area contributed by atoms with Gasteiger partial charge in [0.2, 0.25) is 0 Å². The fraction of sp³-hybridized carbons (Fsp3) is 0.825. The third kappa shape index (κ3) is 312. The molecule has 0 aromatic heterocycles. The van der Waals surface area contributed by atoms with Crippen molar-refractivity contribution in [3.05, 3.63) is 0 Å². The minimum absolute atomic E-state index is 0.00921. The number of hydrogen-bond acceptors (Lipinski definition) is 34. The van der Waals surface area contributed by atoms with E-state index in [2.05, 4.69) is 66.0 Å². The number of hydrogen-bond donors (Lipinski definition) is 0. The van der Waals surface area contributed by atoms with Crippen molar-refractivity contribution in [2.45, 2.75) is 384 Å². The van der Waals surface area contributed by atoms with E-state index in [1.165, 1.54) is 62.4 Å². The molecule has 0 saturated heterocycles. The van der Waals surface area contributed by atoms with E-state index in [1.807, 2.05) is 125 Å². The molecule has 0 unspecified atom stereocenters. The third-order valence-electron chi connectivity index (χ3n) is 11.8. The van der Waals surface area contributed by atoms with E-state index in [4.69, 9.17) is 28.4 Å². The Hall–Kier alpha value is -7.89. The summed E-state index contributed by atoms with van der Waals surface area (Å²) in [4.78, 5) is 173. The highest BCUT2D eigenvalue weighted by Crippen LogP contribution is 2.14. The minimum Gasteiger partial charge on any atom is -0.469 e. The molecular weight excluding hydrogens is 1710 g/mol. The maximum Gasteiger partial charge on any atom is 0.311 e. The first kappa shape index (κ1) is 173. The van der Waals surface area contributed by atoms with Gasteiger partial charge in [0.15, 0.2) is 0 Å². The van der Waals surface area contributed by atoms with Gasteiger partial charge in [-0.25, -0.2) is 0 Å². The fourth-order valence-corrected chi connectivity index (χ4v) is 4.33. The molecule has 0 fully saturated rings. The maximum absolute atomic E-state index is 11.0. The zero-order chi connectivity index (χ0) is 108. The molecule has 0 saturated carbocycles. The van der Waals surface area contributed by atoms with Gasteiger partial charge in [-0.05, 0) is 165 Å². The lowest BCUT2D eigenvalue weighted by Crippen LogP contribution is -2.23. The Morgan fingerprint density at radius 1 is 0.282 bits per heavy atom. The number of unbranched alkanes of at least 4 members (excludes halogenated alkanes) is 2. The average molecular weight is 1910 g/mol. The normalized spacial score (nSPS) is 8.79. The number of ketones is 7. The van der Waals surface area contributed by atoms with Crippen LogP contribution in [0.4, 0.5) is 0 Å². The van der Waals surface area contributed by atoms with E-state index < -0.39 is 0 Å². The predicted octanol–water partition coefficient (Wildman–Crippen LogP) is 19.4. The topological polar surface area (TPSA) is 447 Å². The van der Waals surface area contributed by atoms with Crippen molar-refractivity contribution in [3.8, 4) is 0 Å².